The highest BCUT2D eigenvalue weighted by molar-refractivity contribution is 7.92. The molecule has 3 rings (SSSR count). The number of para-hydroxylation sites is 1. The van der Waals surface area contributed by atoms with Crippen molar-refractivity contribution < 1.29 is 18.0 Å². The molecule has 2 aromatic carbocycles. The summed E-state index contributed by atoms with van der Waals surface area (Å²) in [7, 11) is -3.83. The largest absolute Gasteiger partial charge is 0.352 e. The molecule has 7 nitrogen and oxygen atoms in total. The number of nitrogens with one attached hydrogen (secondary N) is 1. The lowest BCUT2D eigenvalue weighted by atomic mass is 9.95. The number of halogens is 2. The summed E-state index contributed by atoms with van der Waals surface area (Å²) in [6, 6.07) is 12.7. The second-order valence-corrected chi connectivity index (χ2v) is 11.6. The fraction of sp³-hybridized carbons (Fsp3) is 0.440. The molecule has 10 heteroatoms. The van der Waals surface area contributed by atoms with E-state index in [1.807, 2.05) is 0 Å². The number of rotatable bonds is 9. The molecule has 1 N–H and O–H groups in total. The van der Waals surface area contributed by atoms with Gasteiger partial charge < -0.3 is 10.2 Å². The average Bonchev–Trinajstić information content (AvgIpc) is 2.82. The van der Waals surface area contributed by atoms with Crippen molar-refractivity contribution in [2.24, 2.45) is 0 Å². The predicted molar refractivity (Wildman–Crippen MR) is 140 cm³/mol. The number of amides is 2. The van der Waals surface area contributed by atoms with E-state index in [4.69, 9.17) is 23.2 Å². The number of benzene rings is 2. The van der Waals surface area contributed by atoms with Crippen molar-refractivity contribution in [2.75, 3.05) is 17.1 Å². The number of sulfonamides is 1. The molecule has 0 saturated heterocycles. The molecule has 0 radical (unpaired) electrons. The number of hydrogen-bond donors (Lipinski definition) is 1. The van der Waals surface area contributed by atoms with Crippen LogP contribution in [-0.2, 0) is 26.2 Å². The Labute approximate surface area is 217 Å². The van der Waals surface area contributed by atoms with Crippen LogP contribution >= 0.6 is 23.2 Å². The quantitative estimate of drug-likeness (QED) is 0.503. The van der Waals surface area contributed by atoms with Crippen LogP contribution in [0.15, 0.2) is 48.5 Å². The minimum atomic E-state index is -3.83. The van der Waals surface area contributed by atoms with Crippen LogP contribution in [-0.4, -0.2) is 50.0 Å². The van der Waals surface area contributed by atoms with Crippen molar-refractivity contribution in [1.82, 2.24) is 10.2 Å². The fourth-order valence-corrected chi connectivity index (χ4v) is 5.46. The Morgan fingerprint density at radius 2 is 1.66 bits per heavy atom. The van der Waals surface area contributed by atoms with Gasteiger partial charge in [0.15, 0.2) is 0 Å². The van der Waals surface area contributed by atoms with Gasteiger partial charge in [0.2, 0.25) is 21.8 Å². The lowest BCUT2D eigenvalue weighted by Gasteiger charge is -2.33. The summed E-state index contributed by atoms with van der Waals surface area (Å²) in [4.78, 5) is 28.1. The van der Waals surface area contributed by atoms with E-state index in [0.717, 1.165) is 48.2 Å². The van der Waals surface area contributed by atoms with Gasteiger partial charge in [-0.3, -0.25) is 13.9 Å². The molecule has 2 aromatic rings. The van der Waals surface area contributed by atoms with Crippen molar-refractivity contribution in [2.45, 2.75) is 57.7 Å². The van der Waals surface area contributed by atoms with Gasteiger partial charge >= 0.3 is 0 Å². The van der Waals surface area contributed by atoms with Gasteiger partial charge in [-0.1, -0.05) is 66.7 Å². The van der Waals surface area contributed by atoms with Gasteiger partial charge in [-0.25, -0.2) is 8.42 Å². The summed E-state index contributed by atoms with van der Waals surface area (Å²) in [5, 5.41) is 3.83. The van der Waals surface area contributed by atoms with E-state index in [0.29, 0.717) is 5.02 Å². The summed E-state index contributed by atoms with van der Waals surface area (Å²) in [5.41, 5.74) is 0.972. The normalized spacial score (nSPS) is 15.3. The van der Waals surface area contributed by atoms with E-state index < -0.39 is 28.5 Å². The number of nitrogens with zero attached hydrogens (tertiary/aromatic N) is 2. The number of carbonyl (C=O) groups is 2. The minimum Gasteiger partial charge on any atom is -0.352 e. The molecule has 1 unspecified atom stereocenters. The van der Waals surface area contributed by atoms with Gasteiger partial charge in [0.05, 0.1) is 17.0 Å². The van der Waals surface area contributed by atoms with Crippen molar-refractivity contribution in [3.05, 3.63) is 64.1 Å². The highest BCUT2D eigenvalue weighted by atomic mass is 35.5. The first-order valence-corrected chi connectivity index (χ1v) is 14.2. The van der Waals surface area contributed by atoms with Gasteiger partial charge in [-0.15, -0.1) is 0 Å². The minimum absolute atomic E-state index is 0.0850. The van der Waals surface area contributed by atoms with E-state index in [-0.39, 0.29) is 29.2 Å². The standard InChI is InChI=1S/C25H31Cl2N3O4S/c1-18(25(32)28-21-8-4-3-5-9-21)29(16-19-12-14-20(26)15-13-19)24(31)17-30(35(2,33)34)23-11-7-6-10-22(23)27/h6-7,10-15,18,21H,3-5,8-9,16-17H2,1-2H3,(H,28,32). The van der Waals surface area contributed by atoms with Crippen LogP contribution in [0.5, 0.6) is 0 Å². The SMILES string of the molecule is CC(C(=O)NC1CCCCC1)N(Cc1ccc(Cl)cc1)C(=O)CN(c1ccccc1Cl)S(C)(=O)=O. The molecular weight excluding hydrogens is 509 g/mol. The Balaban J connectivity index is 1.87. The molecule has 1 saturated carbocycles. The van der Waals surface area contributed by atoms with Crippen LogP contribution in [0.25, 0.3) is 0 Å². The van der Waals surface area contributed by atoms with Crippen molar-refractivity contribution >= 4 is 50.7 Å². The molecule has 1 aliphatic rings. The van der Waals surface area contributed by atoms with Crippen molar-refractivity contribution in [1.29, 1.82) is 0 Å². The summed E-state index contributed by atoms with van der Waals surface area (Å²) >= 11 is 12.2. The topological polar surface area (TPSA) is 86.8 Å². The molecule has 0 aromatic heterocycles. The highest BCUT2D eigenvalue weighted by Crippen LogP contribution is 2.27. The van der Waals surface area contributed by atoms with E-state index >= 15 is 0 Å². The van der Waals surface area contributed by atoms with Gasteiger partial charge in [0.25, 0.3) is 0 Å². The van der Waals surface area contributed by atoms with E-state index in [1.165, 1.54) is 4.90 Å². The summed E-state index contributed by atoms with van der Waals surface area (Å²) < 4.78 is 26.2. The maximum Gasteiger partial charge on any atom is 0.244 e. The van der Waals surface area contributed by atoms with E-state index in [1.54, 1.807) is 55.5 Å². The second kappa shape index (κ2) is 12.1. The van der Waals surface area contributed by atoms with E-state index in [9.17, 15) is 18.0 Å². The lowest BCUT2D eigenvalue weighted by molar-refractivity contribution is -0.139. The number of hydrogen-bond acceptors (Lipinski definition) is 4. The zero-order chi connectivity index (χ0) is 25.6. The third kappa shape index (κ3) is 7.59. The molecular formula is C25H31Cl2N3O4S. The van der Waals surface area contributed by atoms with Gasteiger partial charge in [0.1, 0.15) is 12.6 Å². The zero-order valence-electron chi connectivity index (χ0n) is 19.9. The Hall–Kier alpha value is -2.29. The summed E-state index contributed by atoms with van der Waals surface area (Å²) in [6.07, 6.45) is 6.14. The number of anilines is 1. The van der Waals surface area contributed by atoms with Crippen molar-refractivity contribution in [3.63, 3.8) is 0 Å². The molecule has 2 amide bonds. The maximum absolute atomic E-state index is 13.6. The Kier molecular flexibility index (Phi) is 9.44. The van der Waals surface area contributed by atoms with Crippen LogP contribution in [0.3, 0.4) is 0 Å². The highest BCUT2D eigenvalue weighted by Gasteiger charge is 2.31. The molecule has 1 aliphatic carbocycles. The Morgan fingerprint density at radius 1 is 1.03 bits per heavy atom. The first-order chi connectivity index (χ1) is 16.6. The van der Waals surface area contributed by atoms with Gasteiger partial charge in [-0.2, -0.15) is 0 Å². The van der Waals surface area contributed by atoms with Crippen LogP contribution in [0.2, 0.25) is 10.0 Å². The molecule has 190 valence electrons. The lowest BCUT2D eigenvalue weighted by Crippen LogP contribution is -2.53. The second-order valence-electron chi connectivity index (χ2n) is 8.89. The predicted octanol–water partition coefficient (Wildman–Crippen LogP) is 4.63. The average molecular weight is 541 g/mol. The maximum atomic E-state index is 13.6. The van der Waals surface area contributed by atoms with E-state index in [2.05, 4.69) is 5.32 Å². The zero-order valence-corrected chi connectivity index (χ0v) is 22.2. The third-order valence-corrected chi connectivity index (χ3v) is 7.88. The third-order valence-electron chi connectivity index (χ3n) is 6.19. The smallest absolute Gasteiger partial charge is 0.244 e. The van der Waals surface area contributed by atoms with Gasteiger partial charge in [0, 0.05) is 17.6 Å². The van der Waals surface area contributed by atoms with Crippen molar-refractivity contribution in [3.8, 4) is 0 Å². The Bertz CT molecular complexity index is 1140. The first-order valence-electron chi connectivity index (χ1n) is 11.6. The van der Waals surface area contributed by atoms with Gasteiger partial charge in [-0.05, 0) is 49.6 Å². The van der Waals surface area contributed by atoms with Crippen LogP contribution in [0.4, 0.5) is 5.69 Å². The van der Waals surface area contributed by atoms with Crippen LogP contribution in [0, 0.1) is 0 Å². The molecule has 0 spiro atoms. The van der Waals surface area contributed by atoms with Crippen LogP contribution < -0.4 is 9.62 Å². The molecule has 0 heterocycles. The fourth-order valence-electron chi connectivity index (χ4n) is 4.19. The molecule has 0 bridgehead atoms. The monoisotopic (exact) mass is 539 g/mol. The van der Waals surface area contributed by atoms with Crippen LogP contribution in [0.1, 0.15) is 44.6 Å². The Morgan fingerprint density at radius 3 is 2.26 bits per heavy atom. The molecule has 1 atom stereocenters. The molecule has 1 fully saturated rings. The molecule has 0 aliphatic heterocycles. The molecule has 35 heavy (non-hydrogen) atoms. The summed E-state index contributed by atoms with van der Waals surface area (Å²) in [5.74, 6) is -0.778. The summed E-state index contributed by atoms with van der Waals surface area (Å²) in [6.45, 7) is 1.29. The number of carbonyl (C=O) groups excluding carboxylic acids is 2. The first kappa shape index (κ1) is 27.3.